The minimum absolute atomic E-state index is 0.152. The Balaban J connectivity index is 1.38. The van der Waals surface area contributed by atoms with Gasteiger partial charge in [-0.3, -0.25) is 5.32 Å². The van der Waals surface area contributed by atoms with Crippen LogP contribution in [-0.4, -0.2) is 40.0 Å². The molecule has 10 heteroatoms. The summed E-state index contributed by atoms with van der Waals surface area (Å²) in [4.78, 5) is 19.4. The molecule has 1 aromatic heterocycles. The molecule has 0 spiro atoms. The quantitative estimate of drug-likeness (QED) is 0.651. The monoisotopic (exact) mass is 434 g/mol. The van der Waals surface area contributed by atoms with Crippen LogP contribution in [0.25, 0.3) is 0 Å². The second-order valence-electron chi connectivity index (χ2n) is 6.20. The number of aromatic nitrogens is 2. The fraction of sp³-hybridized carbons (Fsp3) is 0.211. The zero-order valence-electron chi connectivity index (χ0n) is 15.0. The average molecular weight is 434 g/mol. The van der Waals surface area contributed by atoms with Crippen molar-refractivity contribution in [3.05, 3.63) is 65.7 Å². The van der Waals surface area contributed by atoms with Gasteiger partial charge in [-0.15, -0.1) is 0 Å². The van der Waals surface area contributed by atoms with Gasteiger partial charge in [0, 0.05) is 34.6 Å². The molecule has 2 aromatic carbocycles. The Bertz CT molecular complexity index is 1000. The number of ether oxygens (including phenoxy) is 1. The molecule has 2 amide bonds. The molecule has 4 rings (SSSR count). The number of carbonyl (C=O) groups excluding carboxylic acids is 1. The van der Waals surface area contributed by atoms with Crippen LogP contribution in [0.2, 0.25) is 0 Å². The van der Waals surface area contributed by atoms with Crippen LogP contribution in [0, 0.1) is 11.6 Å². The highest BCUT2D eigenvalue weighted by Gasteiger charge is 2.28. The molecule has 29 heavy (non-hydrogen) atoms. The molecule has 150 valence electrons. The molecular formula is C19H16F2N4O2S2. The topological polar surface area (TPSA) is 67.4 Å². The van der Waals surface area contributed by atoms with Crippen molar-refractivity contribution in [3.8, 4) is 0 Å². The Morgan fingerprint density at radius 1 is 1.24 bits per heavy atom. The highest BCUT2D eigenvalue weighted by Crippen LogP contribution is 2.28. The van der Waals surface area contributed by atoms with Crippen molar-refractivity contribution < 1.29 is 18.3 Å². The Morgan fingerprint density at radius 2 is 2.07 bits per heavy atom. The summed E-state index contributed by atoms with van der Waals surface area (Å²) < 4.78 is 37.0. The van der Waals surface area contributed by atoms with Gasteiger partial charge in [0.2, 0.25) is 10.3 Å². The van der Waals surface area contributed by atoms with Crippen LogP contribution in [0.4, 0.5) is 18.7 Å². The molecule has 1 N–H and O–H groups in total. The lowest BCUT2D eigenvalue weighted by atomic mass is 10.1. The van der Waals surface area contributed by atoms with Gasteiger partial charge in [-0.25, -0.2) is 13.6 Å². The number of benzene rings is 2. The summed E-state index contributed by atoms with van der Waals surface area (Å²) in [5.41, 5.74) is 0.223. The maximum atomic E-state index is 14.0. The first-order chi connectivity index (χ1) is 14.1. The van der Waals surface area contributed by atoms with Crippen molar-refractivity contribution in [1.29, 1.82) is 0 Å². The number of nitrogens with zero attached hydrogens (tertiary/aromatic N) is 3. The Morgan fingerprint density at radius 3 is 2.86 bits per heavy atom. The number of nitrogens with one attached hydrogen (secondary N) is 1. The number of rotatable bonds is 4. The number of urea groups is 1. The summed E-state index contributed by atoms with van der Waals surface area (Å²) in [6, 6.07) is 12.6. The predicted molar refractivity (Wildman–Crippen MR) is 106 cm³/mol. The summed E-state index contributed by atoms with van der Waals surface area (Å²) in [5, 5.41) is 3.65. The van der Waals surface area contributed by atoms with E-state index >= 15 is 0 Å². The van der Waals surface area contributed by atoms with Crippen molar-refractivity contribution in [2.75, 3.05) is 25.0 Å². The second kappa shape index (κ2) is 8.85. The molecule has 1 unspecified atom stereocenters. The molecular weight excluding hydrogens is 418 g/mol. The summed E-state index contributed by atoms with van der Waals surface area (Å²) in [7, 11) is 0. The van der Waals surface area contributed by atoms with E-state index in [0.29, 0.717) is 16.8 Å². The minimum Gasteiger partial charge on any atom is -0.370 e. The van der Waals surface area contributed by atoms with Crippen LogP contribution < -0.4 is 5.32 Å². The molecule has 1 saturated heterocycles. The van der Waals surface area contributed by atoms with Crippen molar-refractivity contribution in [2.45, 2.75) is 16.2 Å². The van der Waals surface area contributed by atoms with E-state index < -0.39 is 17.7 Å². The van der Waals surface area contributed by atoms with Crippen molar-refractivity contribution in [1.82, 2.24) is 14.3 Å². The van der Waals surface area contributed by atoms with Crippen molar-refractivity contribution in [3.63, 3.8) is 0 Å². The number of morpholine rings is 1. The maximum absolute atomic E-state index is 14.0. The highest BCUT2D eigenvalue weighted by molar-refractivity contribution is 7.99. The molecule has 1 aliphatic heterocycles. The number of anilines is 1. The predicted octanol–water partition coefficient (Wildman–Crippen LogP) is 4.57. The van der Waals surface area contributed by atoms with E-state index in [9.17, 15) is 13.6 Å². The Labute approximate surface area is 174 Å². The van der Waals surface area contributed by atoms with E-state index in [2.05, 4.69) is 14.7 Å². The zero-order valence-corrected chi connectivity index (χ0v) is 16.7. The third-order valence-electron chi connectivity index (χ3n) is 4.24. The lowest BCUT2D eigenvalue weighted by molar-refractivity contribution is -0.0152. The molecule has 2 heterocycles. The van der Waals surface area contributed by atoms with Crippen LogP contribution in [-0.2, 0) is 4.74 Å². The smallest absolute Gasteiger partial charge is 0.323 e. The molecule has 0 bridgehead atoms. The summed E-state index contributed by atoms with van der Waals surface area (Å²) in [6.07, 6.45) is -0.659. The zero-order chi connectivity index (χ0) is 20.2. The first-order valence-electron chi connectivity index (χ1n) is 8.77. The third kappa shape index (κ3) is 4.89. The molecule has 6 nitrogen and oxygen atoms in total. The normalized spacial score (nSPS) is 16.6. The van der Waals surface area contributed by atoms with Gasteiger partial charge < -0.3 is 9.64 Å². The highest BCUT2D eigenvalue weighted by atomic mass is 32.2. The largest absolute Gasteiger partial charge is 0.370 e. The lowest BCUT2D eigenvalue weighted by Gasteiger charge is -2.33. The van der Waals surface area contributed by atoms with Gasteiger partial charge in [0.05, 0.1) is 13.2 Å². The van der Waals surface area contributed by atoms with E-state index in [-0.39, 0.29) is 24.7 Å². The number of carbonyl (C=O) groups is 1. The van der Waals surface area contributed by atoms with Crippen LogP contribution in [0.5, 0.6) is 0 Å². The first-order valence-corrected chi connectivity index (χ1v) is 10.4. The fourth-order valence-corrected chi connectivity index (χ4v) is 4.28. The SMILES string of the molecule is O=C(Nc1nc(Sc2ccccc2)ns1)N1CCOC(c2ccc(F)cc2F)C1. The summed E-state index contributed by atoms with van der Waals surface area (Å²) in [5.74, 6) is -1.35. The molecule has 0 radical (unpaired) electrons. The van der Waals surface area contributed by atoms with Crippen LogP contribution in [0.1, 0.15) is 11.7 Å². The van der Waals surface area contributed by atoms with Gasteiger partial charge in [-0.1, -0.05) is 24.3 Å². The van der Waals surface area contributed by atoms with E-state index in [1.807, 2.05) is 30.3 Å². The van der Waals surface area contributed by atoms with Crippen molar-refractivity contribution in [2.24, 2.45) is 0 Å². The average Bonchev–Trinajstić information content (AvgIpc) is 3.15. The molecule has 1 aliphatic rings. The first kappa shape index (κ1) is 19.7. The van der Waals surface area contributed by atoms with E-state index in [4.69, 9.17) is 4.74 Å². The number of amides is 2. The van der Waals surface area contributed by atoms with Crippen LogP contribution >= 0.6 is 23.3 Å². The molecule has 0 aliphatic carbocycles. The molecule has 1 fully saturated rings. The van der Waals surface area contributed by atoms with E-state index in [1.165, 1.54) is 28.8 Å². The van der Waals surface area contributed by atoms with Crippen LogP contribution in [0.3, 0.4) is 0 Å². The summed E-state index contributed by atoms with van der Waals surface area (Å²) in [6.45, 7) is 0.758. The standard InChI is InChI=1S/C19H16F2N4O2S2/c20-12-6-7-14(15(21)10-12)16-11-25(8-9-27-16)19(26)23-17-22-18(24-29-17)28-13-4-2-1-3-5-13/h1-7,10,16H,8-9,11H2,(H,22,23,24,26). The maximum Gasteiger partial charge on any atom is 0.323 e. The van der Waals surface area contributed by atoms with Gasteiger partial charge in [0.15, 0.2) is 0 Å². The number of hydrogen-bond acceptors (Lipinski definition) is 6. The van der Waals surface area contributed by atoms with E-state index in [0.717, 1.165) is 22.5 Å². The molecule has 0 saturated carbocycles. The van der Waals surface area contributed by atoms with Crippen molar-refractivity contribution >= 4 is 34.5 Å². The molecule has 1 atom stereocenters. The Kier molecular flexibility index (Phi) is 6.02. The molecule has 3 aromatic rings. The Hall–Kier alpha value is -2.56. The third-order valence-corrected chi connectivity index (χ3v) is 5.86. The summed E-state index contributed by atoms with van der Waals surface area (Å²) >= 11 is 2.49. The minimum atomic E-state index is -0.691. The van der Waals surface area contributed by atoms with Gasteiger partial charge in [0.1, 0.15) is 17.7 Å². The van der Waals surface area contributed by atoms with Gasteiger partial charge in [-0.05, 0) is 30.0 Å². The number of hydrogen-bond donors (Lipinski definition) is 1. The van der Waals surface area contributed by atoms with E-state index in [1.54, 1.807) is 0 Å². The lowest BCUT2D eigenvalue weighted by Crippen LogP contribution is -2.44. The second-order valence-corrected chi connectivity index (χ2v) is 7.99. The van der Waals surface area contributed by atoms with Gasteiger partial charge >= 0.3 is 6.03 Å². The van der Waals surface area contributed by atoms with Gasteiger partial charge in [0.25, 0.3) is 0 Å². The van der Waals surface area contributed by atoms with Crippen LogP contribution in [0.15, 0.2) is 58.6 Å². The fourth-order valence-electron chi connectivity index (χ4n) is 2.85. The van der Waals surface area contributed by atoms with Gasteiger partial charge in [-0.2, -0.15) is 9.36 Å². The number of halogens is 2.